The first-order valence-corrected chi connectivity index (χ1v) is 6.25. The highest BCUT2D eigenvalue weighted by Crippen LogP contribution is 2.10. The summed E-state index contributed by atoms with van der Waals surface area (Å²) < 4.78 is 5.20. The summed E-state index contributed by atoms with van der Waals surface area (Å²) in [6.45, 7) is 4.47. The third-order valence-electron chi connectivity index (χ3n) is 3.20. The van der Waals surface area contributed by atoms with Gasteiger partial charge in [-0.05, 0) is 33.0 Å². The summed E-state index contributed by atoms with van der Waals surface area (Å²) in [5.74, 6) is 0. The Kier molecular flexibility index (Phi) is 6.98. The fourth-order valence-corrected chi connectivity index (χ4v) is 2.24. The van der Waals surface area contributed by atoms with Crippen molar-refractivity contribution in [3.63, 3.8) is 0 Å². The summed E-state index contributed by atoms with van der Waals surface area (Å²) >= 11 is 0. The summed E-state index contributed by atoms with van der Waals surface area (Å²) in [7, 11) is 3.80. The van der Waals surface area contributed by atoms with Crippen LogP contribution < -0.4 is 5.32 Å². The van der Waals surface area contributed by atoms with Gasteiger partial charge >= 0.3 is 0 Å². The van der Waals surface area contributed by atoms with Gasteiger partial charge in [0.1, 0.15) is 0 Å². The molecule has 1 rings (SSSR count). The molecule has 0 bridgehead atoms. The molecule has 1 aliphatic heterocycles. The minimum atomic E-state index is 0.481. The van der Waals surface area contributed by atoms with E-state index in [1.807, 2.05) is 7.05 Å². The molecule has 0 aromatic carbocycles. The molecule has 0 aliphatic carbocycles. The van der Waals surface area contributed by atoms with Crippen LogP contribution in [0, 0.1) is 0 Å². The summed E-state index contributed by atoms with van der Waals surface area (Å²) in [5.41, 5.74) is 0. The van der Waals surface area contributed by atoms with Gasteiger partial charge in [0.2, 0.25) is 0 Å². The molecule has 1 N–H and O–H groups in total. The minimum absolute atomic E-state index is 0.481. The smallest absolute Gasteiger partial charge is 0.0628 e. The van der Waals surface area contributed by atoms with Crippen LogP contribution >= 0.6 is 0 Å². The summed E-state index contributed by atoms with van der Waals surface area (Å²) in [6, 6.07) is 0.481. The number of ether oxygens (including phenoxy) is 1. The van der Waals surface area contributed by atoms with E-state index in [0.717, 1.165) is 13.2 Å². The Morgan fingerprint density at radius 2 is 1.73 bits per heavy atom. The largest absolute Gasteiger partial charge is 0.383 e. The number of nitrogens with one attached hydrogen (secondary N) is 1. The van der Waals surface area contributed by atoms with Crippen LogP contribution in [0.25, 0.3) is 0 Å². The Balaban J connectivity index is 2.26. The van der Waals surface area contributed by atoms with Crippen LogP contribution in [0.1, 0.15) is 32.1 Å². The molecule has 0 amide bonds. The zero-order valence-electron chi connectivity index (χ0n) is 10.3. The lowest BCUT2D eigenvalue weighted by Crippen LogP contribution is -2.43. The quantitative estimate of drug-likeness (QED) is 0.750. The molecule has 1 saturated heterocycles. The number of likely N-dealkylation sites (tertiary alicyclic amines) is 1. The normalized spacial score (nSPS) is 22.0. The van der Waals surface area contributed by atoms with Gasteiger partial charge in [-0.2, -0.15) is 0 Å². The van der Waals surface area contributed by atoms with Gasteiger partial charge in [0.25, 0.3) is 0 Å². The molecule has 1 atom stereocenters. The molecular weight excluding hydrogens is 188 g/mol. The van der Waals surface area contributed by atoms with Gasteiger partial charge in [0.05, 0.1) is 6.61 Å². The highest BCUT2D eigenvalue weighted by molar-refractivity contribution is 4.71. The second-order valence-corrected chi connectivity index (χ2v) is 4.51. The molecule has 1 heterocycles. The SMILES string of the molecule is CNC(COC)CN1CCCCCCC1. The molecule has 1 unspecified atom stereocenters. The van der Waals surface area contributed by atoms with Crippen LogP contribution in [0.4, 0.5) is 0 Å². The number of likely N-dealkylation sites (N-methyl/N-ethyl adjacent to an activating group) is 1. The molecule has 3 heteroatoms. The van der Waals surface area contributed by atoms with Crippen LogP contribution in [0.15, 0.2) is 0 Å². The van der Waals surface area contributed by atoms with Gasteiger partial charge < -0.3 is 15.0 Å². The van der Waals surface area contributed by atoms with Gasteiger partial charge in [-0.25, -0.2) is 0 Å². The molecule has 15 heavy (non-hydrogen) atoms. The molecule has 0 aromatic rings. The lowest BCUT2D eigenvalue weighted by molar-refractivity contribution is 0.137. The van der Waals surface area contributed by atoms with E-state index in [0.29, 0.717) is 6.04 Å². The Morgan fingerprint density at radius 1 is 1.13 bits per heavy atom. The Bertz CT molecular complexity index is 145. The zero-order valence-corrected chi connectivity index (χ0v) is 10.3. The minimum Gasteiger partial charge on any atom is -0.383 e. The molecule has 90 valence electrons. The average molecular weight is 214 g/mol. The predicted molar refractivity (Wildman–Crippen MR) is 64.2 cm³/mol. The molecule has 0 radical (unpaired) electrons. The van der Waals surface area contributed by atoms with Gasteiger partial charge in [-0.3, -0.25) is 0 Å². The number of hydrogen-bond acceptors (Lipinski definition) is 3. The molecule has 1 aliphatic rings. The number of rotatable bonds is 5. The van der Waals surface area contributed by atoms with E-state index in [1.54, 1.807) is 7.11 Å². The number of methoxy groups -OCH3 is 1. The monoisotopic (exact) mass is 214 g/mol. The van der Waals surface area contributed by atoms with Crippen molar-refractivity contribution in [2.45, 2.75) is 38.1 Å². The first kappa shape index (κ1) is 12.9. The van der Waals surface area contributed by atoms with Crippen molar-refractivity contribution < 1.29 is 4.74 Å². The van der Waals surface area contributed by atoms with Crippen LogP contribution in [-0.2, 0) is 4.74 Å². The lowest BCUT2D eigenvalue weighted by Gasteiger charge is -2.28. The van der Waals surface area contributed by atoms with E-state index in [1.165, 1.54) is 45.2 Å². The topological polar surface area (TPSA) is 24.5 Å². The van der Waals surface area contributed by atoms with Gasteiger partial charge in [0.15, 0.2) is 0 Å². The van der Waals surface area contributed by atoms with E-state index in [-0.39, 0.29) is 0 Å². The maximum Gasteiger partial charge on any atom is 0.0628 e. The van der Waals surface area contributed by atoms with Crippen LogP contribution in [0.5, 0.6) is 0 Å². The van der Waals surface area contributed by atoms with Crippen molar-refractivity contribution in [2.24, 2.45) is 0 Å². The van der Waals surface area contributed by atoms with Crippen molar-refractivity contribution in [3.8, 4) is 0 Å². The predicted octanol–water partition coefficient (Wildman–Crippen LogP) is 1.49. The number of nitrogens with zero attached hydrogens (tertiary/aromatic N) is 1. The van der Waals surface area contributed by atoms with E-state index in [4.69, 9.17) is 4.74 Å². The summed E-state index contributed by atoms with van der Waals surface area (Å²) in [6.07, 6.45) is 6.98. The van der Waals surface area contributed by atoms with Crippen LogP contribution in [0.3, 0.4) is 0 Å². The van der Waals surface area contributed by atoms with E-state index in [2.05, 4.69) is 10.2 Å². The van der Waals surface area contributed by atoms with Crippen LogP contribution in [-0.4, -0.2) is 51.3 Å². The van der Waals surface area contributed by atoms with Crippen molar-refractivity contribution in [1.29, 1.82) is 0 Å². The summed E-state index contributed by atoms with van der Waals surface area (Å²) in [5, 5.41) is 3.32. The molecular formula is C12H26N2O. The molecule has 0 saturated carbocycles. The maximum absolute atomic E-state index is 5.20. The van der Waals surface area contributed by atoms with Crippen molar-refractivity contribution in [2.75, 3.05) is 40.4 Å². The van der Waals surface area contributed by atoms with Crippen molar-refractivity contribution >= 4 is 0 Å². The Hall–Kier alpha value is -0.120. The number of hydrogen-bond donors (Lipinski definition) is 1. The molecule has 0 spiro atoms. The summed E-state index contributed by atoms with van der Waals surface area (Å²) in [4.78, 5) is 2.58. The van der Waals surface area contributed by atoms with E-state index >= 15 is 0 Å². The van der Waals surface area contributed by atoms with Gasteiger partial charge in [0, 0.05) is 19.7 Å². The van der Waals surface area contributed by atoms with Gasteiger partial charge in [-0.15, -0.1) is 0 Å². The Morgan fingerprint density at radius 3 is 2.27 bits per heavy atom. The van der Waals surface area contributed by atoms with Crippen LogP contribution in [0.2, 0.25) is 0 Å². The molecule has 3 nitrogen and oxygen atoms in total. The maximum atomic E-state index is 5.20. The third-order valence-corrected chi connectivity index (χ3v) is 3.20. The van der Waals surface area contributed by atoms with Gasteiger partial charge in [-0.1, -0.05) is 19.3 Å². The third kappa shape index (κ3) is 5.50. The standard InChI is InChI=1S/C12H26N2O/c1-13-12(11-15-2)10-14-8-6-4-3-5-7-9-14/h12-13H,3-11H2,1-2H3. The fourth-order valence-electron chi connectivity index (χ4n) is 2.24. The van der Waals surface area contributed by atoms with Crippen molar-refractivity contribution in [1.82, 2.24) is 10.2 Å². The first-order chi connectivity index (χ1) is 7.36. The first-order valence-electron chi connectivity index (χ1n) is 6.25. The van der Waals surface area contributed by atoms with E-state index in [9.17, 15) is 0 Å². The zero-order chi connectivity index (χ0) is 10.9. The molecule has 1 fully saturated rings. The highest BCUT2D eigenvalue weighted by Gasteiger charge is 2.13. The second-order valence-electron chi connectivity index (χ2n) is 4.51. The fraction of sp³-hybridized carbons (Fsp3) is 1.00. The average Bonchev–Trinajstić information content (AvgIpc) is 2.20. The highest BCUT2D eigenvalue weighted by atomic mass is 16.5. The molecule has 0 aromatic heterocycles. The van der Waals surface area contributed by atoms with Crippen molar-refractivity contribution in [3.05, 3.63) is 0 Å². The van der Waals surface area contributed by atoms with E-state index < -0.39 is 0 Å². The lowest BCUT2D eigenvalue weighted by atomic mass is 10.1. The second kappa shape index (κ2) is 8.08. The Labute approximate surface area is 94.2 Å².